The largest absolute Gasteiger partial charge is 0.122 e. The lowest BCUT2D eigenvalue weighted by Gasteiger charge is -2.18. The van der Waals surface area contributed by atoms with Crippen molar-refractivity contribution in [1.29, 1.82) is 0 Å². The van der Waals surface area contributed by atoms with Crippen molar-refractivity contribution in [2.75, 3.05) is 0 Å². The fourth-order valence-corrected chi connectivity index (χ4v) is 11.8. The molecule has 0 radical (unpaired) electrons. The summed E-state index contributed by atoms with van der Waals surface area (Å²) >= 11 is 28.0. The van der Waals surface area contributed by atoms with E-state index in [1.165, 1.54) is 95.9 Å². The fourth-order valence-electron chi connectivity index (χ4n) is 10.7. The van der Waals surface area contributed by atoms with Gasteiger partial charge in [-0.15, -0.1) is 58.0 Å². The minimum Gasteiger partial charge on any atom is -0.122 e. The molecule has 0 N–H and O–H groups in total. The number of hydrogen-bond acceptors (Lipinski definition) is 0. The van der Waals surface area contributed by atoms with E-state index in [1.54, 1.807) is 0 Å². The molecule has 0 aliphatic carbocycles. The van der Waals surface area contributed by atoms with Crippen molar-refractivity contribution >= 4 is 58.0 Å². The predicted molar refractivity (Wildman–Crippen MR) is 694 cm³/mol. The summed E-state index contributed by atoms with van der Waals surface area (Å²) in [5.74, 6) is 17.9. The molecule has 0 nitrogen and oxygen atoms in total. The van der Waals surface area contributed by atoms with Gasteiger partial charge in [0.05, 0.1) is 0 Å². The van der Waals surface area contributed by atoms with Crippen LogP contribution in [0, 0.1) is 101 Å². The number of alkyl halides is 5. The van der Waals surface area contributed by atoms with Gasteiger partial charge in [-0.05, 0) is 187 Å². The first-order chi connectivity index (χ1) is 71.3. The Kier molecular flexibility index (Phi) is 114. The molecule has 12 aromatic carbocycles. The standard InChI is InChI=1S/C19H16.C14H14.C13H12.2C8H8Cl2.3C8H18.C7H7Cl.2C6H6.8C5H12/c1-4-10-16(11-5-1)19(17-12-6-2-7-13-17)18-14-8-3-9-15-18;1-3-7-13(8-4-1)11-12-14-9-5-2-6-10-14;1-3-7-12(8-4-1)11-13-9-5-2-6-10-13;9-5-7-1-2-8(6-10)4-3-7;9-5-7-3-1-2-4-8(7)6-10;3*1-6(2)8(5)7(3)4;8-6-7-4-2-1-3-5-7;2*1-2-4-6-5-3-1;8*1-4-5(2)3/h1-15,19H;1-10H,11-12H2;1-10H,11H2;2*1-4H,5-6H2;3*6-8H,1-5H3;1-5H,6H2;2*1-6H;8*5H,4H2,1-3H3. The van der Waals surface area contributed by atoms with Crippen LogP contribution >= 0.6 is 58.0 Å². The van der Waals surface area contributed by atoms with Crippen LogP contribution in [0.4, 0.5) is 0 Å². The molecule has 0 fully saturated rings. The van der Waals surface area contributed by atoms with Crippen LogP contribution < -0.4 is 0 Å². The monoisotopic (exact) mass is 2140 g/mol. The highest BCUT2D eigenvalue weighted by Gasteiger charge is 2.16. The summed E-state index contributed by atoms with van der Waals surface area (Å²) in [5, 5.41) is 0. The number of rotatable bonds is 27. The minimum atomic E-state index is 0.309. The van der Waals surface area contributed by atoms with Crippen LogP contribution in [0.15, 0.2) is 364 Å². The minimum absolute atomic E-state index is 0.309. The van der Waals surface area contributed by atoms with Crippen molar-refractivity contribution < 1.29 is 0 Å². The molecule has 0 aliphatic rings. The van der Waals surface area contributed by atoms with E-state index in [4.69, 9.17) is 58.0 Å². The Balaban J connectivity index is -0.000000293. The van der Waals surface area contributed by atoms with Gasteiger partial charge in [0.2, 0.25) is 0 Å². The van der Waals surface area contributed by atoms with Gasteiger partial charge < -0.3 is 0 Å². The van der Waals surface area contributed by atoms with Crippen molar-refractivity contribution in [2.45, 2.75) is 376 Å². The van der Waals surface area contributed by atoms with E-state index in [-0.39, 0.29) is 0 Å². The number of benzene rings is 12. The fraction of sp³-hybridized carbons (Fsp3) is 0.503. The molecular formula is C145H227Cl5. The van der Waals surface area contributed by atoms with E-state index >= 15 is 0 Å². The molecule has 0 bridgehead atoms. The molecule has 150 heavy (non-hydrogen) atoms. The molecule has 0 unspecified atom stereocenters. The van der Waals surface area contributed by atoms with E-state index in [0.29, 0.717) is 35.3 Å². The van der Waals surface area contributed by atoms with Gasteiger partial charge in [-0.3, -0.25) is 0 Å². The zero-order valence-corrected chi connectivity index (χ0v) is 107. The maximum atomic E-state index is 5.65. The summed E-state index contributed by atoms with van der Waals surface area (Å²) in [7, 11) is 0. The zero-order chi connectivity index (χ0) is 115. The lowest BCUT2D eigenvalue weighted by Crippen LogP contribution is -2.10. The highest BCUT2D eigenvalue weighted by Crippen LogP contribution is 2.32. The Labute approximate surface area is 957 Å². The molecule has 5 heteroatoms. The second-order valence-corrected chi connectivity index (χ2v) is 45.1. The molecule has 0 atom stereocenters. The van der Waals surface area contributed by atoms with Gasteiger partial charge in [0, 0.05) is 35.3 Å². The van der Waals surface area contributed by atoms with E-state index in [0.717, 1.165) is 142 Å². The normalized spacial score (nSPS) is 10.0. The Morgan fingerprint density at radius 3 is 0.400 bits per heavy atom. The van der Waals surface area contributed by atoms with Crippen LogP contribution in [-0.4, -0.2) is 0 Å². The highest BCUT2D eigenvalue weighted by atomic mass is 35.5. The van der Waals surface area contributed by atoms with Gasteiger partial charge >= 0.3 is 0 Å². The summed E-state index contributed by atoms with van der Waals surface area (Å²) in [6.07, 6.45) is 13.7. The lowest BCUT2D eigenvalue weighted by molar-refractivity contribution is 0.316. The molecule has 0 aliphatic heterocycles. The molecule has 842 valence electrons. The first-order valence-corrected chi connectivity index (χ1v) is 60.3. The third-order valence-electron chi connectivity index (χ3n) is 25.8. The lowest BCUT2D eigenvalue weighted by atomic mass is 9.85. The molecule has 0 heterocycles. The molecule has 0 amide bonds. The Morgan fingerprint density at radius 1 is 0.147 bits per heavy atom. The smallest absolute Gasteiger partial charge is 0.0477 e. The predicted octanol–water partition coefficient (Wildman–Crippen LogP) is 49.0. The van der Waals surface area contributed by atoms with Crippen molar-refractivity contribution in [3.05, 3.63) is 431 Å². The molecule has 0 saturated carbocycles. The Bertz CT molecular complexity index is 4050. The summed E-state index contributed by atoms with van der Waals surface area (Å²) < 4.78 is 0. The van der Waals surface area contributed by atoms with E-state index < -0.39 is 0 Å². The number of aryl methyl sites for hydroxylation is 2. The maximum Gasteiger partial charge on any atom is 0.0477 e. The molecule has 0 saturated heterocycles. The topological polar surface area (TPSA) is 0 Å². The van der Waals surface area contributed by atoms with Crippen LogP contribution in [0.1, 0.15) is 394 Å². The van der Waals surface area contributed by atoms with Crippen molar-refractivity contribution in [1.82, 2.24) is 0 Å². The quantitative estimate of drug-likeness (QED) is 0.0356. The Hall–Kier alpha value is -7.91. The summed E-state index contributed by atoms with van der Waals surface area (Å²) in [5.41, 5.74) is 15.3. The van der Waals surface area contributed by atoms with E-state index in [1.807, 2.05) is 152 Å². The van der Waals surface area contributed by atoms with Gasteiger partial charge in [-0.1, -0.05) is 685 Å². The summed E-state index contributed by atoms with van der Waals surface area (Å²) in [6.45, 7) is 87.5. The summed E-state index contributed by atoms with van der Waals surface area (Å²) in [4.78, 5) is 0. The van der Waals surface area contributed by atoms with Crippen LogP contribution in [0.3, 0.4) is 0 Å². The van der Waals surface area contributed by atoms with Gasteiger partial charge in [0.15, 0.2) is 0 Å². The number of halogens is 5. The first kappa shape index (κ1) is 155. The molecule has 12 aromatic rings. The van der Waals surface area contributed by atoms with Crippen molar-refractivity contribution in [3.63, 3.8) is 0 Å². The first-order valence-electron chi connectivity index (χ1n) is 57.6. The van der Waals surface area contributed by atoms with Gasteiger partial charge in [-0.25, -0.2) is 0 Å². The van der Waals surface area contributed by atoms with Gasteiger partial charge in [-0.2, -0.15) is 0 Å². The van der Waals surface area contributed by atoms with Gasteiger partial charge in [0.1, 0.15) is 0 Å². The van der Waals surface area contributed by atoms with Crippen molar-refractivity contribution in [3.8, 4) is 0 Å². The highest BCUT2D eigenvalue weighted by molar-refractivity contribution is 6.19. The van der Waals surface area contributed by atoms with Crippen LogP contribution in [-0.2, 0) is 48.7 Å². The van der Waals surface area contributed by atoms with Crippen LogP contribution in [0.5, 0.6) is 0 Å². The molecule has 0 aromatic heterocycles. The van der Waals surface area contributed by atoms with E-state index in [9.17, 15) is 0 Å². The second kappa shape index (κ2) is 111. The van der Waals surface area contributed by atoms with Crippen LogP contribution in [0.25, 0.3) is 0 Å². The molecule has 12 rings (SSSR count). The third-order valence-corrected chi connectivity index (χ3v) is 27.3. The third kappa shape index (κ3) is 106. The zero-order valence-electron chi connectivity index (χ0n) is 103. The van der Waals surface area contributed by atoms with Gasteiger partial charge in [0.25, 0.3) is 0 Å². The number of hydrogen-bond donors (Lipinski definition) is 0. The average Bonchev–Trinajstić information content (AvgIpc) is 0.817. The van der Waals surface area contributed by atoms with Crippen LogP contribution in [0.2, 0.25) is 0 Å². The summed E-state index contributed by atoms with van der Waals surface area (Å²) in [6, 6.07) is 124. The average molecular weight is 2150 g/mol. The SMILES string of the molecule is CC(C)C(C)C(C)C.CC(C)C(C)C(C)C.CC(C)C(C)C(C)C.CCC(C)C.CCC(C)C.CCC(C)C.CCC(C)C.CCC(C)C.CCC(C)C.CCC(C)C.CCC(C)C.ClCc1ccc(CCl)cc1.ClCc1ccccc1.ClCc1ccccc1CCl.c1ccc(C(c2ccccc2)c2ccccc2)cc1.c1ccc(CCc2ccccc2)cc1.c1ccc(Cc2ccccc2)cc1.c1ccccc1.c1ccccc1. The molecule has 0 spiro atoms. The van der Waals surface area contributed by atoms with Crippen molar-refractivity contribution in [2.24, 2.45) is 101 Å². The molecular weight excluding hydrogens is 1920 g/mol. The van der Waals surface area contributed by atoms with E-state index in [2.05, 4.69) is 482 Å². The second-order valence-electron chi connectivity index (χ2n) is 43.8. The maximum absolute atomic E-state index is 5.65. The Morgan fingerprint density at radius 2 is 0.273 bits per heavy atom.